The first kappa shape index (κ1) is 16.3. The van der Waals surface area contributed by atoms with Gasteiger partial charge in [0.15, 0.2) is 0 Å². The summed E-state index contributed by atoms with van der Waals surface area (Å²) in [4.78, 5) is 2.83. The van der Waals surface area contributed by atoms with Crippen molar-refractivity contribution < 1.29 is 0 Å². The van der Waals surface area contributed by atoms with E-state index in [0.717, 1.165) is 18.0 Å². The highest BCUT2D eigenvalue weighted by molar-refractivity contribution is 4.82. The highest BCUT2D eigenvalue weighted by Crippen LogP contribution is 2.28. The highest BCUT2D eigenvalue weighted by atomic mass is 15.2. The van der Waals surface area contributed by atoms with Crippen LogP contribution in [-0.4, -0.2) is 36.6 Å². The molecule has 3 atom stereocenters. The molecule has 2 heteroatoms. The molecule has 0 radical (unpaired) electrons. The molecule has 2 aliphatic rings. The van der Waals surface area contributed by atoms with Gasteiger partial charge in [-0.15, -0.1) is 0 Å². The maximum atomic E-state index is 3.74. The minimum absolute atomic E-state index is 0.764. The van der Waals surface area contributed by atoms with E-state index in [4.69, 9.17) is 0 Å². The van der Waals surface area contributed by atoms with Crippen LogP contribution in [0.4, 0.5) is 0 Å². The summed E-state index contributed by atoms with van der Waals surface area (Å²) in [5.74, 6) is 1.01. The zero-order valence-electron chi connectivity index (χ0n) is 13.9. The van der Waals surface area contributed by atoms with Crippen molar-refractivity contribution in [1.29, 1.82) is 0 Å². The Morgan fingerprint density at radius 3 is 2.55 bits per heavy atom. The standard InChI is InChI=1S/C18H36N2/c1-3-14-20(15-17-9-5-6-13-19-17)18-10-7-8-16(4-2)11-12-18/h16-19H,3-15H2,1-2H3. The van der Waals surface area contributed by atoms with Crippen LogP contribution in [0.5, 0.6) is 0 Å². The maximum Gasteiger partial charge on any atom is 0.0195 e. The van der Waals surface area contributed by atoms with Crippen molar-refractivity contribution in [2.24, 2.45) is 5.92 Å². The van der Waals surface area contributed by atoms with Gasteiger partial charge in [0.1, 0.15) is 0 Å². The average Bonchev–Trinajstić information content (AvgIpc) is 2.73. The van der Waals surface area contributed by atoms with E-state index in [1.807, 2.05) is 0 Å². The van der Waals surface area contributed by atoms with Crippen molar-refractivity contribution in [2.75, 3.05) is 19.6 Å². The molecule has 0 aromatic carbocycles. The molecule has 1 saturated heterocycles. The third kappa shape index (κ3) is 5.04. The first-order valence-corrected chi connectivity index (χ1v) is 9.30. The third-order valence-corrected chi connectivity index (χ3v) is 5.53. The molecule has 118 valence electrons. The van der Waals surface area contributed by atoms with Crippen LogP contribution in [0.2, 0.25) is 0 Å². The monoisotopic (exact) mass is 280 g/mol. The second-order valence-corrected chi connectivity index (χ2v) is 7.08. The van der Waals surface area contributed by atoms with E-state index >= 15 is 0 Å². The van der Waals surface area contributed by atoms with Crippen molar-refractivity contribution in [3.8, 4) is 0 Å². The normalized spacial score (nSPS) is 32.2. The molecule has 1 aliphatic heterocycles. The predicted molar refractivity (Wildman–Crippen MR) is 88.2 cm³/mol. The second-order valence-electron chi connectivity index (χ2n) is 7.08. The number of nitrogens with zero attached hydrogens (tertiary/aromatic N) is 1. The first-order chi connectivity index (χ1) is 9.83. The Bertz CT molecular complexity index is 248. The molecule has 1 N–H and O–H groups in total. The van der Waals surface area contributed by atoms with E-state index in [1.165, 1.54) is 83.8 Å². The minimum Gasteiger partial charge on any atom is -0.313 e. The van der Waals surface area contributed by atoms with Gasteiger partial charge in [0.25, 0.3) is 0 Å². The van der Waals surface area contributed by atoms with Gasteiger partial charge in [-0.2, -0.15) is 0 Å². The van der Waals surface area contributed by atoms with Crippen LogP contribution in [-0.2, 0) is 0 Å². The van der Waals surface area contributed by atoms with Gasteiger partial charge in [0.2, 0.25) is 0 Å². The van der Waals surface area contributed by atoms with Crippen molar-refractivity contribution in [2.45, 2.75) is 90.1 Å². The fourth-order valence-electron chi connectivity index (χ4n) is 4.21. The summed E-state index contributed by atoms with van der Waals surface area (Å²) in [7, 11) is 0. The number of nitrogens with one attached hydrogen (secondary N) is 1. The van der Waals surface area contributed by atoms with Crippen LogP contribution in [0, 0.1) is 5.92 Å². The number of rotatable bonds is 6. The summed E-state index contributed by atoms with van der Waals surface area (Å²) in [6.45, 7) is 8.57. The first-order valence-electron chi connectivity index (χ1n) is 9.30. The van der Waals surface area contributed by atoms with E-state index < -0.39 is 0 Å². The van der Waals surface area contributed by atoms with Crippen molar-refractivity contribution in [1.82, 2.24) is 10.2 Å². The lowest BCUT2D eigenvalue weighted by Gasteiger charge is -2.35. The molecule has 2 rings (SSSR count). The fraction of sp³-hybridized carbons (Fsp3) is 1.00. The SMILES string of the molecule is CCCN(CC1CCCCN1)C1CCCC(CC)CC1. The van der Waals surface area contributed by atoms with Gasteiger partial charge in [0.05, 0.1) is 0 Å². The van der Waals surface area contributed by atoms with E-state index in [2.05, 4.69) is 24.1 Å². The molecular formula is C18H36N2. The fourth-order valence-corrected chi connectivity index (χ4v) is 4.21. The van der Waals surface area contributed by atoms with Gasteiger partial charge in [0, 0.05) is 18.6 Å². The van der Waals surface area contributed by atoms with Gasteiger partial charge < -0.3 is 5.32 Å². The summed E-state index contributed by atoms with van der Waals surface area (Å²) in [6.07, 6.45) is 14.2. The molecular weight excluding hydrogens is 244 g/mol. The van der Waals surface area contributed by atoms with E-state index in [0.29, 0.717) is 0 Å². The smallest absolute Gasteiger partial charge is 0.0195 e. The molecule has 2 nitrogen and oxygen atoms in total. The molecule has 0 aromatic rings. The summed E-state index contributed by atoms with van der Waals surface area (Å²) < 4.78 is 0. The average molecular weight is 280 g/mol. The molecule has 1 aliphatic carbocycles. The molecule has 1 heterocycles. The molecule has 2 fully saturated rings. The highest BCUT2D eigenvalue weighted by Gasteiger charge is 2.25. The largest absolute Gasteiger partial charge is 0.313 e. The lowest BCUT2D eigenvalue weighted by molar-refractivity contribution is 0.151. The molecule has 0 spiro atoms. The van der Waals surface area contributed by atoms with Crippen LogP contribution >= 0.6 is 0 Å². The Kier molecular flexibility index (Phi) is 7.37. The van der Waals surface area contributed by atoms with Gasteiger partial charge in [-0.1, -0.05) is 39.5 Å². The summed E-state index contributed by atoms with van der Waals surface area (Å²) in [5.41, 5.74) is 0. The van der Waals surface area contributed by atoms with Crippen LogP contribution in [0.3, 0.4) is 0 Å². The second kappa shape index (κ2) is 9.04. The lowest BCUT2D eigenvalue weighted by atomic mass is 9.97. The predicted octanol–water partition coefficient (Wildman–Crippen LogP) is 4.20. The Morgan fingerprint density at radius 2 is 1.85 bits per heavy atom. The summed E-state index contributed by atoms with van der Waals surface area (Å²) >= 11 is 0. The van der Waals surface area contributed by atoms with E-state index in [1.54, 1.807) is 0 Å². The molecule has 1 saturated carbocycles. The molecule has 3 unspecified atom stereocenters. The topological polar surface area (TPSA) is 15.3 Å². The number of hydrogen-bond acceptors (Lipinski definition) is 2. The third-order valence-electron chi connectivity index (χ3n) is 5.53. The van der Waals surface area contributed by atoms with E-state index in [-0.39, 0.29) is 0 Å². The Labute approximate surface area is 126 Å². The minimum atomic E-state index is 0.764. The van der Waals surface area contributed by atoms with Crippen LogP contribution in [0.15, 0.2) is 0 Å². The molecule has 20 heavy (non-hydrogen) atoms. The van der Waals surface area contributed by atoms with Crippen molar-refractivity contribution >= 4 is 0 Å². The van der Waals surface area contributed by atoms with Crippen molar-refractivity contribution in [3.05, 3.63) is 0 Å². The van der Waals surface area contributed by atoms with Gasteiger partial charge in [-0.05, 0) is 57.5 Å². The molecule has 0 bridgehead atoms. The maximum absolute atomic E-state index is 3.74. The van der Waals surface area contributed by atoms with Crippen LogP contribution < -0.4 is 5.32 Å². The van der Waals surface area contributed by atoms with Crippen LogP contribution in [0.25, 0.3) is 0 Å². The molecule has 0 aromatic heterocycles. The zero-order valence-corrected chi connectivity index (χ0v) is 13.9. The van der Waals surface area contributed by atoms with Gasteiger partial charge in [-0.3, -0.25) is 4.90 Å². The number of hydrogen-bond donors (Lipinski definition) is 1. The van der Waals surface area contributed by atoms with Crippen molar-refractivity contribution in [3.63, 3.8) is 0 Å². The zero-order chi connectivity index (χ0) is 14.2. The Hall–Kier alpha value is -0.0800. The quantitative estimate of drug-likeness (QED) is 0.734. The van der Waals surface area contributed by atoms with E-state index in [9.17, 15) is 0 Å². The Balaban J connectivity index is 1.85. The lowest BCUT2D eigenvalue weighted by Crippen LogP contribution is -2.47. The Morgan fingerprint density at radius 1 is 0.950 bits per heavy atom. The van der Waals surface area contributed by atoms with Gasteiger partial charge in [-0.25, -0.2) is 0 Å². The van der Waals surface area contributed by atoms with Gasteiger partial charge >= 0.3 is 0 Å². The van der Waals surface area contributed by atoms with Crippen LogP contribution in [0.1, 0.15) is 78.1 Å². The summed E-state index contributed by atoms with van der Waals surface area (Å²) in [6, 6.07) is 1.63. The number of piperidine rings is 1. The summed E-state index contributed by atoms with van der Waals surface area (Å²) in [5, 5.41) is 3.74. The molecule has 0 amide bonds.